The van der Waals surface area contributed by atoms with Gasteiger partial charge in [-0.05, 0) is 16.7 Å². The van der Waals surface area contributed by atoms with Gasteiger partial charge in [0.05, 0.1) is 5.41 Å². The Labute approximate surface area is 177 Å². The maximum atomic E-state index is 15.4. The van der Waals surface area contributed by atoms with Crippen molar-refractivity contribution in [3.63, 3.8) is 0 Å². The van der Waals surface area contributed by atoms with Gasteiger partial charge >= 0.3 is 7.27 Å². The lowest BCUT2D eigenvalue weighted by Gasteiger charge is -2.37. The topological polar surface area (TPSA) is 0 Å². The molecule has 6 heteroatoms. The Bertz CT molecular complexity index is 1080. The molecule has 0 atom stereocenters. The first-order chi connectivity index (χ1) is 15.0. The zero-order valence-corrected chi connectivity index (χ0v) is 16.2. The van der Waals surface area contributed by atoms with Crippen molar-refractivity contribution in [1.82, 2.24) is 0 Å². The largest absolute Gasteiger partial charge is 0.575 e. The molecule has 0 fully saturated rings. The number of rotatable bonds is 5. The van der Waals surface area contributed by atoms with Gasteiger partial charge in [0.2, 0.25) is 0 Å². The van der Waals surface area contributed by atoms with Crippen LogP contribution in [0.3, 0.4) is 0 Å². The van der Waals surface area contributed by atoms with Gasteiger partial charge in [0.1, 0.15) is 0 Å². The van der Waals surface area contributed by atoms with Crippen LogP contribution in [-0.2, 0) is 5.41 Å². The van der Waals surface area contributed by atoms with Gasteiger partial charge in [0.25, 0.3) is 0 Å². The maximum Gasteiger partial charge on any atom is 0.575 e. The van der Waals surface area contributed by atoms with Crippen LogP contribution in [-0.4, -0.2) is 7.27 Å². The molecule has 4 aromatic rings. The van der Waals surface area contributed by atoms with Crippen molar-refractivity contribution in [3.8, 4) is 0 Å². The van der Waals surface area contributed by atoms with E-state index in [2.05, 4.69) is 0 Å². The molecule has 0 aromatic heterocycles. The minimum absolute atomic E-state index is 0.384. The summed E-state index contributed by atoms with van der Waals surface area (Å²) in [5.74, 6) is -5.29. The van der Waals surface area contributed by atoms with E-state index in [0.717, 1.165) is 6.07 Å². The zero-order valence-electron chi connectivity index (χ0n) is 16.2. The second-order valence-electron chi connectivity index (χ2n) is 7.10. The van der Waals surface area contributed by atoms with Gasteiger partial charge in [0, 0.05) is 11.0 Å². The summed E-state index contributed by atoms with van der Waals surface area (Å²) in [7, 11) is -3.31. The molecule has 0 saturated carbocycles. The van der Waals surface area contributed by atoms with Gasteiger partial charge < -0.3 is 0 Å². The van der Waals surface area contributed by atoms with Crippen LogP contribution in [0.1, 0.15) is 22.3 Å². The quantitative estimate of drug-likeness (QED) is 0.157. The molecule has 0 unspecified atom stereocenters. The fourth-order valence-electron chi connectivity index (χ4n) is 4.09. The number of halogens is 5. The fourth-order valence-corrected chi connectivity index (χ4v) is 4.09. The summed E-state index contributed by atoms with van der Waals surface area (Å²) in [6.45, 7) is 0. The lowest BCUT2D eigenvalue weighted by molar-refractivity contribution is 0.437. The van der Waals surface area contributed by atoms with Crippen LogP contribution in [0.25, 0.3) is 0 Å². The molecule has 0 aliphatic rings. The van der Waals surface area contributed by atoms with E-state index in [9.17, 15) is 17.4 Å². The first-order valence-corrected chi connectivity index (χ1v) is 9.60. The van der Waals surface area contributed by atoms with E-state index < -0.39 is 35.6 Å². The van der Waals surface area contributed by atoms with Crippen molar-refractivity contribution in [2.24, 2.45) is 0 Å². The second-order valence-corrected chi connectivity index (χ2v) is 7.10. The molecular weight excluding hydrogens is 406 g/mol. The maximum absolute atomic E-state index is 15.4. The summed E-state index contributed by atoms with van der Waals surface area (Å²) < 4.78 is 71.4. The Morgan fingerprint density at radius 3 is 1.26 bits per heavy atom. The van der Waals surface area contributed by atoms with Gasteiger partial charge in [-0.1, -0.05) is 97.1 Å². The summed E-state index contributed by atoms with van der Waals surface area (Å²) >= 11 is 0. The minimum Gasteiger partial charge on any atom is -0.281 e. The molecule has 0 aliphatic carbocycles. The molecule has 0 nitrogen and oxygen atoms in total. The van der Waals surface area contributed by atoms with Crippen molar-refractivity contribution < 1.29 is 21.8 Å². The highest BCUT2D eigenvalue weighted by atomic mass is 19.2. The zero-order chi connectivity index (χ0) is 22.0. The van der Waals surface area contributed by atoms with Gasteiger partial charge in [0.15, 0.2) is 17.5 Å². The third-order valence-electron chi connectivity index (χ3n) is 5.43. The number of hydrogen-bond acceptors (Lipinski definition) is 0. The highest BCUT2D eigenvalue weighted by molar-refractivity contribution is 6.60. The Kier molecular flexibility index (Phi) is 5.64. The Balaban J connectivity index is 2.22. The van der Waals surface area contributed by atoms with Crippen molar-refractivity contribution >= 4 is 12.7 Å². The molecular formula is C25H16BF5. The van der Waals surface area contributed by atoms with E-state index in [1.807, 2.05) is 0 Å². The van der Waals surface area contributed by atoms with Crippen molar-refractivity contribution in [3.05, 3.63) is 137 Å². The Morgan fingerprint density at radius 2 is 0.903 bits per heavy atom. The summed E-state index contributed by atoms with van der Waals surface area (Å²) in [6.07, 6.45) is 0. The molecule has 0 spiro atoms. The minimum atomic E-state index is -3.31. The van der Waals surface area contributed by atoms with E-state index in [-0.39, 0.29) is 5.56 Å². The highest BCUT2D eigenvalue weighted by Crippen LogP contribution is 2.46. The summed E-state index contributed by atoms with van der Waals surface area (Å²) in [4.78, 5) is 0. The lowest BCUT2D eigenvalue weighted by Crippen LogP contribution is -2.36. The average molecular weight is 422 g/mol. The van der Waals surface area contributed by atoms with Crippen molar-refractivity contribution in [1.29, 1.82) is 0 Å². The molecule has 0 amide bonds. The van der Waals surface area contributed by atoms with Gasteiger partial charge in [-0.25, -0.2) is 13.2 Å². The first-order valence-electron chi connectivity index (χ1n) is 9.60. The molecule has 4 aromatic carbocycles. The molecule has 0 heterocycles. The standard InChI is InChI=1S/C25H16BF5/c27-22-20(16-21(26(30)31)23(28)24(22)29)25(17-10-4-1-5-11-17,18-12-6-2-7-13-18)19-14-8-3-9-15-19/h1-16H. The van der Waals surface area contributed by atoms with E-state index in [4.69, 9.17) is 0 Å². The smallest absolute Gasteiger partial charge is 0.281 e. The molecule has 0 bridgehead atoms. The predicted octanol–water partition coefficient (Wildman–Crippen LogP) is 6.12. The van der Waals surface area contributed by atoms with Gasteiger partial charge in [-0.15, -0.1) is 0 Å². The number of benzene rings is 4. The lowest BCUT2D eigenvalue weighted by atomic mass is 9.64. The molecule has 0 saturated heterocycles. The predicted molar refractivity (Wildman–Crippen MR) is 112 cm³/mol. The number of hydrogen-bond donors (Lipinski definition) is 0. The molecule has 31 heavy (non-hydrogen) atoms. The summed E-state index contributed by atoms with van der Waals surface area (Å²) in [5.41, 5.74) is -1.48. The SMILES string of the molecule is FB(F)c1cc(C(c2ccccc2)(c2ccccc2)c2ccccc2)c(F)c(F)c1F. The highest BCUT2D eigenvalue weighted by Gasteiger charge is 2.43. The molecule has 4 rings (SSSR count). The van der Waals surface area contributed by atoms with Gasteiger partial charge in [-0.2, -0.15) is 0 Å². The van der Waals surface area contributed by atoms with E-state index in [1.165, 1.54) is 0 Å². The second kappa shape index (κ2) is 8.38. The van der Waals surface area contributed by atoms with Gasteiger partial charge in [-0.3, -0.25) is 8.63 Å². The van der Waals surface area contributed by atoms with E-state index >= 15 is 4.39 Å². The monoisotopic (exact) mass is 422 g/mol. The molecule has 0 aliphatic heterocycles. The Hall–Kier alpha value is -3.41. The van der Waals surface area contributed by atoms with Crippen LogP contribution >= 0.6 is 0 Å². The van der Waals surface area contributed by atoms with Crippen LogP contribution in [0, 0.1) is 17.5 Å². The van der Waals surface area contributed by atoms with E-state index in [1.54, 1.807) is 91.0 Å². The van der Waals surface area contributed by atoms with Crippen LogP contribution in [0.4, 0.5) is 21.8 Å². The average Bonchev–Trinajstić information content (AvgIpc) is 2.81. The molecule has 0 radical (unpaired) electrons. The van der Waals surface area contributed by atoms with Crippen LogP contribution in [0.5, 0.6) is 0 Å². The summed E-state index contributed by atoms with van der Waals surface area (Å²) in [6, 6.07) is 26.6. The van der Waals surface area contributed by atoms with Crippen LogP contribution in [0.15, 0.2) is 97.1 Å². The Morgan fingerprint density at radius 1 is 0.516 bits per heavy atom. The van der Waals surface area contributed by atoms with Crippen molar-refractivity contribution in [2.45, 2.75) is 5.41 Å². The third-order valence-corrected chi connectivity index (χ3v) is 5.43. The van der Waals surface area contributed by atoms with Crippen LogP contribution < -0.4 is 5.46 Å². The molecule has 0 N–H and O–H groups in total. The first kappa shape index (κ1) is 20.9. The molecule has 154 valence electrons. The third kappa shape index (κ3) is 3.42. The van der Waals surface area contributed by atoms with Crippen LogP contribution in [0.2, 0.25) is 0 Å². The fraction of sp³-hybridized carbons (Fsp3) is 0.0400. The normalized spacial score (nSPS) is 11.4. The van der Waals surface area contributed by atoms with E-state index in [0.29, 0.717) is 16.7 Å². The van der Waals surface area contributed by atoms with Crippen molar-refractivity contribution in [2.75, 3.05) is 0 Å². The summed E-state index contributed by atoms with van der Waals surface area (Å²) in [5, 5.41) is 0.